The third-order valence-electron chi connectivity index (χ3n) is 4.33. The number of piperidine rings is 1. The molecular formula is C16H24N6O3. The van der Waals surface area contributed by atoms with Gasteiger partial charge in [-0.25, -0.2) is 4.79 Å². The summed E-state index contributed by atoms with van der Waals surface area (Å²) in [4.78, 5) is 18.7. The number of aryl methyl sites for hydroxylation is 2. The van der Waals surface area contributed by atoms with Crippen LogP contribution < -0.4 is 5.32 Å². The Labute approximate surface area is 146 Å². The van der Waals surface area contributed by atoms with Crippen molar-refractivity contribution in [1.29, 1.82) is 0 Å². The van der Waals surface area contributed by atoms with Crippen LogP contribution in [0.1, 0.15) is 36.2 Å². The zero-order valence-corrected chi connectivity index (χ0v) is 14.9. The highest BCUT2D eigenvalue weighted by Crippen LogP contribution is 2.26. The minimum Gasteiger partial charge on any atom is -0.384 e. The van der Waals surface area contributed by atoms with Crippen LogP contribution in [0.5, 0.6) is 0 Å². The van der Waals surface area contributed by atoms with Gasteiger partial charge in [-0.2, -0.15) is 10.1 Å². The monoisotopic (exact) mass is 348 g/mol. The van der Waals surface area contributed by atoms with E-state index >= 15 is 0 Å². The van der Waals surface area contributed by atoms with E-state index in [0.717, 1.165) is 18.5 Å². The maximum absolute atomic E-state index is 12.6. The number of likely N-dealkylation sites (tertiary alicyclic amines) is 1. The second kappa shape index (κ2) is 7.64. The fraction of sp³-hybridized carbons (Fsp3) is 0.625. The number of aromatic nitrogens is 4. The quantitative estimate of drug-likeness (QED) is 0.883. The molecule has 9 heteroatoms. The van der Waals surface area contributed by atoms with Gasteiger partial charge >= 0.3 is 6.03 Å². The average molecular weight is 348 g/mol. The molecule has 1 unspecified atom stereocenters. The number of hydrogen-bond acceptors (Lipinski definition) is 6. The van der Waals surface area contributed by atoms with Crippen molar-refractivity contribution in [2.24, 2.45) is 7.05 Å². The highest BCUT2D eigenvalue weighted by Gasteiger charge is 2.28. The van der Waals surface area contributed by atoms with E-state index in [1.807, 2.05) is 13.1 Å². The minimum absolute atomic E-state index is 0.0875. The summed E-state index contributed by atoms with van der Waals surface area (Å²) in [6.45, 7) is 3.68. The van der Waals surface area contributed by atoms with Gasteiger partial charge in [0, 0.05) is 39.7 Å². The molecule has 9 nitrogen and oxygen atoms in total. The number of carbonyl (C=O) groups excluding carboxylic acids is 1. The Kier molecular flexibility index (Phi) is 5.32. The Hall–Kier alpha value is -2.42. The van der Waals surface area contributed by atoms with Gasteiger partial charge in [-0.15, -0.1) is 0 Å². The van der Waals surface area contributed by atoms with Crippen molar-refractivity contribution in [2.45, 2.75) is 32.1 Å². The SMILES string of the molecule is COCCc1cc(NC(=O)N2CCCC(c3nc(C)no3)C2)n(C)n1. The molecule has 1 aliphatic heterocycles. The van der Waals surface area contributed by atoms with Crippen LogP contribution in [-0.4, -0.2) is 57.7 Å². The highest BCUT2D eigenvalue weighted by atomic mass is 16.5. The summed E-state index contributed by atoms with van der Waals surface area (Å²) in [6, 6.07) is 1.74. The zero-order chi connectivity index (χ0) is 17.8. The molecule has 2 aromatic rings. The molecule has 0 bridgehead atoms. The first kappa shape index (κ1) is 17.4. The van der Waals surface area contributed by atoms with E-state index in [0.29, 0.717) is 43.7 Å². The number of urea groups is 1. The fourth-order valence-corrected chi connectivity index (χ4v) is 3.00. The van der Waals surface area contributed by atoms with Crippen LogP contribution >= 0.6 is 0 Å². The summed E-state index contributed by atoms with van der Waals surface area (Å²) in [5, 5.41) is 11.2. The van der Waals surface area contributed by atoms with E-state index < -0.39 is 0 Å². The minimum atomic E-state index is -0.137. The summed E-state index contributed by atoms with van der Waals surface area (Å²) in [5.74, 6) is 1.99. The summed E-state index contributed by atoms with van der Waals surface area (Å²) in [5.41, 5.74) is 0.887. The molecule has 1 saturated heterocycles. The van der Waals surface area contributed by atoms with Gasteiger partial charge in [0.2, 0.25) is 5.89 Å². The number of ether oxygens (including phenoxy) is 1. The number of nitrogens with one attached hydrogen (secondary N) is 1. The lowest BCUT2D eigenvalue weighted by Gasteiger charge is -2.30. The number of carbonyl (C=O) groups is 1. The van der Waals surface area contributed by atoms with E-state index in [1.54, 1.807) is 23.6 Å². The fourth-order valence-electron chi connectivity index (χ4n) is 3.00. The Bertz CT molecular complexity index is 725. The van der Waals surface area contributed by atoms with Crippen molar-refractivity contribution in [3.05, 3.63) is 23.5 Å². The van der Waals surface area contributed by atoms with Crippen LogP contribution in [0.4, 0.5) is 10.6 Å². The number of anilines is 1. The van der Waals surface area contributed by atoms with Gasteiger partial charge in [0.25, 0.3) is 0 Å². The van der Waals surface area contributed by atoms with Crippen molar-refractivity contribution in [1.82, 2.24) is 24.8 Å². The van der Waals surface area contributed by atoms with Gasteiger partial charge in [0.1, 0.15) is 5.82 Å². The molecule has 1 aliphatic rings. The standard InChI is InChI=1S/C16H24N6O3/c1-11-17-15(25-20-11)12-5-4-7-22(10-12)16(23)18-14-9-13(6-8-24-3)19-21(14)2/h9,12H,4-8,10H2,1-3H3,(H,18,23). The Morgan fingerprint density at radius 2 is 2.36 bits per heavy atom. The summed E-state index contributed by atoms with van der Waals surface area (Å²) < 4.78 is 12.0. The number of nitrogens with zero attached hydrogens (tertiary/aromatic N) is 5. The van der Waals surface area contributed by atoms with Gasteiger partial charge in [-0.3, -0.25) is 10.00 Å². The molecule has 0 radical (unpaired) electrons. The predicted octanol–water partition coefficient (Wildman–Crippen LogP) is 1.71. The normalized spacial score (nSPS) is 17.7. The van der Waals surface area contributed by atoms with Gasteiger partial charge in [-0.1, -0.05) is 5.16 Å². The van der Waals surface area contributed by atoms with Crippen LogP contribution in [0, 0.1) is 6.92 Å². The summed E-state index contributed by atoms with van der Waals surface area (Å²) in [7, 11) is 3.47. The molecule has 1 N–H and O–H groups in total. The average Bonchev–Trinajstić information content (AvgIpc) is 3.19. The highest BCUT2D eigenvalue weighted by molar-refractivity contribution is 5.88. The van der Waals surface area contributed by atoms with E-state index in [4.69, 9.17) is 9.26 Å². The Morgan fingerprint density at radius 3 is 3.08 bits per heavy atom. The van der Waals surface area contributed by atoms with Crippen LogP contribution in [-0.2, 0) is 18.2 Å². The second-order valence-electron chi connectivity index (χ2n) is 6.28. The molecule has 0 spiro atoms. The van der Waals surface area contributed by atoms with Crippen molar-refractivity contribution >= 4 is 11.8 Å². The summed E-state index contributed by atoms with van der Waals surface area (Å²) >= 11 is 0. The lowest BCUT2D eigenvalue weighted by molar-refractivity contribution is 0.184. The molecule has 2 aromatic heterocycles. The van der Waals surface area contributed by atoms with Crippen LogP contribution in [0.25, 0.3) is 0 Å². The van der Waals surface area contributed by atoms with Crippen LogP contribution in [0.15, 0.2) is 10.6 Å². The van der Waals surface area contributed by atoms with Gasteiger partial charge < -0.3 is 14.2 Å². The molecule has 3 heterocycles. The first-order valence-electron chi connectivity index (χ1n) is 8.45. The first-order valence-corrected chi connectivity index (χ1v) is 8.45. The van der Waals surface area contributed by atoms with E-state index in [2.05, 4.69) is 20.6 Å². The lowest BCUT2D eigenvalue weighted by atomic mass is 9.98. The Morgan fingerprint density at radius 1 is 1.52 bits per heavy atom. The second-order valence-corrected chi connectivity index (χ2v) is 6.28. The van der Waals surface area contributed by atoms with Crippen molar-refractivity contribution in [2.75, 3.05) is 32.1 Å². The van der Waals surface area contributed by atoms with Crippen LogP contribution in [0.3, 0.4) is 0 Å². The summed E-state index contributed by atoms with van der Waals surface area (Å²) in [6.07, 6.45) is 2.56. The maximum atomic E-state index is 12.6. The number of methoxy groups -OCH3 is 1. The first-order chi connectivity index (χ1) is 12.1. The van der Waals surface area contributed by atoms with Crippen molar-refractivity contribution < 1.29 is 14.1 Å². The molecular weight excluding hydrogens is 324 g/mol. The number of hydrogen-bond donors (Lipinski definition) is 1. The molecule has 3 rings (SSSR count). The smallest absolute Gasteiger partial charge is 0.323 e. The zero-order valence-electron chi connectivity index (χ0n) is 14.9. The van der Waals surface area contributed by atoms with E-state index in [1.165, 1.54) is 0 Å². The molecule has 2 amide bonds. The third-order valence-corrected chi connectivity index (χ3v) is 4.33. The third kappa shape index (κ3) is 4.16. The predicted molar refractivity (Wildman–Crippen MR) is 90.4 cm³/mol. The van der Waals surface area contributed by atoms with E-state index in [-0.39, 0.29) is 11.9 Å². The largest absolute Gasteiger partial charge is 0.384 e. The number of amides is 2. The van der Waals surface area contributed by atoms with Gasteiger partial charge in [0.15, 0.2) is 5.82 Å². The van der Waals surface area contributed by atoms with Crippen molar-refractivity contribution in [3.63, 3.8) is 0 Å². The van der Waals surface area contributed by atoms with Crippen molar-refractivity contribution in [3.8, 4) is 0 Å². The number of rotatable bonds is 5. The van der Waals surface area contributed by atoms with Crippen LogP contribution in [0.2, 0.25) is 0 Å². The Balaban J connectivity index is 1.62. The molecule has 1 atom stereocenters. The van der Waals surface area contributed by atoms with E-state index in [9.17, 15) is 4.79 Å². The molecule has 1 fully saturated rings. The molecule has 25 heavy (non-hydrogen) atoms. The molecule has 0 saturated carbocycles. The van der Waals surface area contributed by atoms with Gasteiger partial charge in [0.05, 0.1) is 18.2 Å². The molecule has 0 aliphatic carbocycles. The maximum Gasteiger partial charge on any atom is 0.323 e. The van der Waals surface area contributed by atoms with Gasteiger partial charge in [-0.05, 0) is 19.8 Å². The molecule has 136 valence electrons. The topological polar surface area (TPSA) is 98.3 Å². The lowest BCUT2D eigenvalue weighted by Crippen LogP contribution is -2.42. The molecule has 0 aromatic carbocycles.